The average Bonchev–Trinajstić information content (AvgIpc) is 2.89. The fourth-order valence-corrected chi connectivity index (χ4v) is 5.10. The largest absolute Gasteiger partial charge is 0.444 e. The van der Waals surface area contributed by atoms with E-state index in [9.17, 15) is 19.2 Å². The molecule has 0 heterocycles. The lowest BCUT2D eigenvalue weighted by molar-refractivity contribution is -0.141. The molecule has 2 aromatic carbocycles. The van der Waals surface area contributed by atoms with E-state index in [1.54, 1.807) is 32.9 Å². The number of carbonyl (C=O) groups excluding carboxylic acids is 4. The van der Waals surface area contributed by atoms with Gasteiger partial charge in [0.15, 0.2) is 0 Å². The molecule has 10 heteroatoms. The number of aryl methyl sites for hydroxylation is 3. The van der Waals surface area contributed by atoms with Gasteiger partial charge in [-0.2, -0.15) is 0 Å². The highest BCUT2D eigenvalue weighted by atomic mass is 35.5. The van der Waals surface area contributed by atoms with Gasteiger partial charge in [0.1, 0.15) is 17.7 Å². The van der Waals surface area contributed by atoms with Crippen LogP contribution < -0.4 is 16.4 Å². The lowest BCUT2D eigenvalue weighted by atomic mass is 9.95. The van der Waals surface area contributed by atoms with Crippen LogP contribution in [0.3, 0.4) is 0 Å². The van der Waals surface area contributed by atoms with Gasteiger partial charge in [-0.3, -0.25) is 14.4 Å². The molecule has 43 heavy (non-hydrogen) atoms. The Kier molecular flexibility index (Phi) is 13.5. The highest BCUT2D eigenvalue weighted by Gasteiger charge is 2.37. The first-order valence-electron chi connectivity index (χ1n) is 14.9. The van der Waals surface area contributed by atoms with Crippen molar-refractivity contribution in [2.24, 2.45) is 5.73 Å². The second-order valence-corrected chi connectivity index (χ2v) is 12.4. The molecular formula is C33H47ClN4O5. The molecule has 0 saturated carbocycles. The molecule has 2 unspecified atom stereocenters. The van der Waals surface area contributed by atoms with Crippen LogP contribution in [-0.2, 0) is 19.1 Å². The molecule has 2 atom stereocenters. The van der Waals surface area contributed by atoms with Crippen LogP contribution in [0.1, 0.15) is 94.5 Å². The number of carbonyl (C=O) groups is 4. The lowest BCUT2D eigenvalue weighted by Gasteiger charge is -2.35. The van der Waals surface area contributed by atoms with Crippen molar-refractivity contribution in [1.29, 1.82) is 0 Å². The second kappa shape index (κ2) is 16.3. The van der Waals surface area contributed by atoms with Crippen LogP contribution in [0.2, 0.25) is 5.02 Å². The number of nitrogens with two attached hydrogens (primary N) is 1. The number of primary amides is 1. The monoisotopic (exact) mass is 614 g/mol. The first kappa shape index (κ1) is 35.6. The van der Waals surface area contributed by atoms with E-state index in [1.165, 1.54) is 4.90 Å². The fraction of sp³-hybridized carbons (Fsp3) is 0.515. The maximum Gasteiger partial charge on any atom is 0.408 e. The molecule has 0 aliphatic heterocycles. The summed E-state index contributed by atoms with van der Waals surface area (Å²) in [5.74, 6) is -1.58. The van der Waals surface area contributed by atoms with Gasteiger partial charge in [0, 0.05) is 13.0 Å². The molecule has 0 saturated heterocycles. The van der Waals surface area contributed by atoms with Gasteiger partial charge in [-0.25, -0.2) is 4.79 Å². The minimum atomic E-state index is -1.16. The first-order valence-corrected chi connectivity index (χ1v) is 15.2. The summed E-state index contributed by atoms with van der Waals surface area (Å²) >= 11 is 6.47. The van der Waals surface area contributed by atoms with Crippen molar-refractivity contribution in [3.05, 3.63) is 63.7 Å². The zero-order valence-electron chi connectivity index (χ0n) is 26.5. The lowest BCUT2D eigenvalue weighted by Crippen LogP contribution is -2.53. The van der Waals surface area contributed by atoms with Crippen LogP contribution in [0.15, 0.2) is 36.4 Å². The van der Waals surface area contributed by atoms with Crippen LogP contribution >= 0.6 is 11.6 Å². The zero-order valence-corrected chi connectivity index (χ0v) is 27.3. The van der Waals surface area contributed by atoms with Gasteiger partial charge in [-0.1, -0.05) is 73.7 Å². The zero-order chi connectivity index (χ0) is 32.3. The molecule has 0 aliphatic rings. The van der Waals surface area contributed by atoms with Crippen LogP contribution in [0, 0.1) is 20.8 Å². The number of hydrogen-bond donors (Lipinski definition) is 3. The highest BCUT2D eigenvalue weighted by molar-refractivity contribution is 6.34. The van der Waals surface area contributed by atoms with Gasteiger partial charge in [0.05, 0.1) is 10.7 Å². The van der Waals surface area contributed by atoms with Crippen molar-refractivity contribution in [3.63, 3.8) is 0 Å². The molecule has 0 spiro atoms. The number of anilines is 1. The summed E-state index contributed by atoms with van der Waals surface area (Å²) in [6, 6.07) is 8.82. The van der Waals surface area contributed by atoms with E-state index >= 15 is 0 Å². The predicted octanol–water partition coefficient (Wildman–Crippen LogP) is 6.51. The molecule has 0 fully saturated rings. The smallest absolute Gasteiger partial charge is 0.408 e. The molecule has 0 aliphatic carbocycles. The number of halogens is 1. The third-order valence-electron chi connectivity index (χ3n) is 6.95. The Balaban J connectivity index is 2.64. The summed E-state index contributed by atoms with van der Waals surface area (Å²) in [5, 5.41) is 5.98. The molecule has 0 radical (unpaired) electrons. The van der Waals surface area contributed by atoms with Crippen molar-refractivity contribution in [1.82, 2.24) is 10.2 Å². The number of amides is 4. The maximum absolute atomic E-state index is 14.4. The second-order valence-electron chi connectivity index (χ2n) is 12.0. The number of nitrogens with one attached hydrogen (secondary N) is 2. The third-order valence-corrected chi connectivity index (χ3v) is 7.27. The number of unbranched alkanes of at least 4 members (excludes halogenated alkanes) is 3. The summed E-state index contributed by atoms with van der Waals surface area (Å²) in [6.45, 7) is 13.2. The Hall–Kier alpha value is -3.59. The highest BCUT2D eigenvalue weighted by Crippen LogP contribution is 2.31. The summed E-state index contributed by atoms with van der Waals surface area (Å²) in [5.41, 5.74) is 8.32. The van der Waals surface area contributed by atoms with E-state index in [2.05, 4.69) is 17.6 Å². The number of alkyl carbamates (subject to hydrolysis) is 1. The van der Waals surface area contributed by atoms with Gasteiger partial charge in [0.25, 0.3) is 5.91 Å². The van der Waals surface area contributed by atoms with E-state index in [0.717, 1.165) is 36.0 Å². The predicted molar refractivity (Wildman–Crippen MR) is 171 cm³/mol. The van der Waals surface area contributed by atoms with Crippen LogP contribution in [0.5, 0.6) is 0 Å². The van der Waals surface area contributed by atoms with Crippen molar-refractivity contribution >= 4 is 41.1 Å². The van der Waals surface area contributed by atoms with Crippen LogP contribution in [0.4, 0.5) is 10.5 Å². The maximum atomic E-state index is 14.4. The minimum absolute atomic E-state index is 0.0519. The Labute approximate surface area is 260 Å². The molecule has 2 rings (SSSR count). The Morgan fingerprint density at radius 1 is 1.00 bits per heavy atom. The molecule has 236 valence electrons. The molecule has 9 nitrogen and oxygen atoms in total. The summed E-state index contributed by atoms with van der Waals surface area (Å²) in [7, 11) is 0. The Morgan fingerprint density at radius 2 is 1.70 bits per heavy atom. The van der Waals surface area contributed by atoms with Crippen LogP contribution in [-0.4, -0.2) is 46.9 Å². The molecule has 4 N–H and O–H groups in total. The Morgan fingerprint density at radius 3 is 2.28 bits per heavy atom. The van der Waals surface area contributed by atoms with E-state index in [0.29, 0.717) is 22.7 Å². The normalized spacial score (nSPS) is 12.7. The van der Waals surface area contributed by atoms with E-state index in [4.69, 9.17) is 22.1 Å². The number of ether oxygens (including phenoxy) is 1. The third kappa shape index (κ3) is 11.2. The van der Waals surface area contributed by atoms with E-state index in [-0.39, 0.29) is 19.4 Å². The van der Waals surface area contributed by atoms with Crippen molar-refractivity contribution < 1.29 is 23.9 Å². The quantitative estimate of drug-likeness (QED) is 0.209. The topological polar surface area (TPSA) is 131 Å². The number of nitrogens with zero attached hydrogens (tertiary/aromatic N) is 1. The first-order chi connectivity index (χ1) is 20.1. The number of rotatable bonds is 14. The molecular weight excluding hydrogens is 568 g/mol. The molecule has 4 amide bonds. The van der Waals surface area contributed by atoms with E-state index < -0.39 is 41.5 Å². The minimum Gasteiger partial charge on any atom is -0.444 e. The Bertz CT molecular complexity index is 1270. The SMILES string of the molecule is CCCCCCN(C(=O)C(CCC(N)=O)NC(=O)OC(C)(C)C)C(C(=O)Nc1c(C)cccc1Cl)c1ccc(C)cc1C. The van der Waals surface area contributed by atoms with E-state index in [1.807, 2.05) is 45.0 Å². The number of hydrogen-bond acceptors (Lipinski definition) is 5. The summed E-state index contributed by atoms with van der Waals surface area (Å²) in [4.78, 5) is 54.7. The number of benzene rings is 2. The van der Waals surface area contributed by atoms with Gasteiger partial charge >= 0.3 is 6.09 Å². The average molecular weight is 615 g/mol. The van der Waals surface area contributed by atoms with Crippen molar-refractivity contribution in [2.75, 3.05) is 11.9 Å². The standard InChI is InChI=1S/C33H47ClN4O5/c1-8-9-10-11-19-38(31(41)26(17-18-27(35)39)36-32(42)43-33(5,6)7)29(24-16-15-21(2)20-23(24)4)30(40)37-28-22(3)13-12-14-25(28)34/h12-16,20,26,29H,8-11,17-19H2,1-7H3,(H2,35,39)(H,36,42)(H,37,40). The molecule has 0 aromatic heterocycles. The van der Waals surface area contributed by atoms with Gasteiger partial charge < -0.3 is 26.0 Å². The van der Waals surface area contributed by atoms with Crippen molar-refractivity contribution in [3.8, 4) is 0 Å². The van der Waals surface area contributed by atoms with Crippen molar-refractivity contribution in [2.45, 2.75) is 105 Å². The summed E-state index contributed by atoms with van der Waals surface area (Å²) < 4.78 is 5.42. The molecule has 0 bridgehead atoms. The number of para-hydroxylation sites is 1. The van der Waals surface area contributed by atoms with Gasteiger partial charge in [0.2, 0.25) is 11.8 Å². The summed E-state index contributed by atoms with van der Waals surface area (Å²) in [6.07, 6.45) is 2.43. The van der Waals surface area contributed by atoms with Gasteiger partial charge in [-0.05, 0) is 77.1 Å². The van der Waals surface area contributed by atoms with Crippen LogP contribution in [0.25, 0.3) is 0 Å². The fourth-order valence-electron chi connectivity index (χ4n) is 4.83. The van der Waals surface area contributed by atoms with Gasteiger partial charge in [-0.15, -0.1) is 0 Å². The molecule has 2 aromatic rings.